The van der Waals surface area contributed by atoms with Gasteiger partial charge in [-0.3, -0.25) is 37.3 Å². The van der Waals surface area contributed by atoms with E-state index in [0.29, 0.717) is 31.6 Å². The van der Waals surface area contributed by atoms with E-state index in [9.17, 15) is 43.2 Å². The Morgan fingerprint density at radius 1 is 0.302 bits per heavy atom. The van der Waals surface area contributed by atoms with Gasteiger partial charge in [-0.1, -0.05) is 344 Å². The summed E-state index contributed by atoms with van der Waals surface area (Å²) in [5.41, 5.74) is 0. The molecule has 0 aromatic rings. The van der Waals surface area contributed by atoms with Gasteiger partial charge in [-0.2, -0.15) is 0 Å². The fourth-order valence-electron chi connectivity index (χ4n) is 11.7. The van der Waals surface area contributed by atoms with Crippen molar-refractivity contribution in [2.75, 3.05) is 39.6 Å². The maximum absolute atomic E-state index is 13.1. The van der Waals surface area contributed by atoms with Crippen LogP contribution in [0.3, 0.4) is 0 Å². The van der Waals surface area contributed by atoms with Gasteiger partial charge in [0.1, 0.15) is 19.3 Å². The summed E-state index contributed by atoms with van der Waals surface area (Å²) in [5, 5.41) is 10.6. The molecule has 0 aromatic carbocycles. The van der Waals surface area contributed by atoms with Gasteiger partial charge in [-0.15, -0.1) is 0 Å². The van der Waals surface area contributed by atoms with Gasteiger partial charge in [-0.25, -0.2) is 9.13 Å². The molecule has 0 aromatic heterocycles. The zero-order chi connectivity index (χ0) is 70.9. The molecule has 19 heteroatoms. The van der Waals surface area contributed by atoms with E-state index in [4.69, 9.17) is 37.0 Å². The predicted molar refractivity (Wildman–Crippen MR) is 391 cm³/mol. The zero-order valence-corrected chi connectivity index (χ0v) is 64.6. The highest BCUT2D eigenvalue weighted by atomic mass is 31.2. The number of phosphoric ester groups is 2. The molecule has 0 aliphatic heterocycles. The number of ether oxygens (including phenoxy) is 4. The van der Waals surface area contributed by atoms with Gasteiger partial charge in [-0.05, 0) is 43.4 Å². The summed E-state index contributed by atoms with van der Waals surface area (Å²) in [6.07, 6.45) is 54.2. The van der Waals surface area contributed by atoms with Crippen LogP contribution in [0, 0.1) is 17.8 Å². The number of rotatable bonds is 75. The molecule has 3 N–H and O–H groups in total. The topological polar surface area (TPSA) is 237 Å². The fraction of sp³-hybridized carbons (Fsp3) is 0.948. The van der Waals surface area contributed by atoms with Crippen LogP contribution in [-0.4, -0.2) is 96.7 Å². The van der Waals surface area contributed by atoms with Crippen molar-refractivity contribution in [2.24, 2.45) is 17.8 Å². The first-order valence-electron chi connectivity index (χ1n) is 39.9. The molecular weight excluding hydrogens is 1260 g/mol. The van der Waals surface area contributed by atoms with Gasteiger partial charge < -0.3 is 33.8 Å². The van der Waals surface area contributed by atoms with Crippen molar-refractivity contribution in [2.45, 2.75) is 414 Å². The summed E-state index contributed by atoms with van der Waals surface area (Å²) in [6.45, 7) is 11.9. The maximum atomic E-state index is 13.1. The van der Waals surface area contributed by atoms with Crippen molar-refractivity contribution in [3.63, 3.8) is 0 Å². The van der Waals surface area contributed by atoms with Gasteiger partial charge in [0.25, 0.3) is 0 Å². The Hall–Kier alpha value is -1.94. The van der Waals surface area contributed by atoms with Crippen LogP contribution in [0.4, 0.5) is 0 Å². The Morgan fingerprint density at radius 3 is 0.792 bits per heavy atom. The highest BCUT2D eigenvalue weighted by molar-refractivity contribution is 7.47. The van der Waals surface area contributed by atoms with Crippen molar-refractivity contribution in [1.82, 2.24) is 0 Å². The third kappa shape index (κ3) is 67.9. The first-order valence-corrected chi connectivity index (χ1v) is 42.9. The summed E-state index contributed by atoms with van der Waals surface area (Å²) < 4.78 is 68.5. The molecule has 0 rings (SSSR count). The second kappa shape index (κ2) is 67.5. The van der Waals surface area contributed by atoms with E-state index in [0.717, 1.165) is 108 Å². The average molecular weight is 1410 g/mol. The van der Waals surface area contributed by atoms with Crippen LogP contribution in [0.2, 0.25) is 0 Å². The standard InChI is InChI=1S/C77H150O17P2/c1-8-11-12-13-14-15-16-17-18-19-20-21-22-23-24-32-37-46-53-60-76(81)93-72(64-87-74(79)58-51-44-36-31-27-25-29-34-42-49-56-69(6)9-2)66-91-95(83,84)89-62-71(78)63-90-96(85,86)92-67-73(65-88-75(80)59-52-45-40-39-41-48-55-68(4)5)94-77(82)61-54-47-38-33-28-26-30-35-43-50-57-70(7)10-3/h68-73,78H,8-67H2,1-7H3,(H,83,84)(H,85,86)/t69?,70?,71-,72-,73-/m1/s1. The van der Waals surface area contributed by atoms with Crippen LogP contribution in [0.5, 0.6) is 0 Å². The summed E-state index contributed by atoms with van der Waals surface area (Å²) in [5.74, 6) is 0.173. The quantitative estimate of drug-likeness (QED) is 0.0222. The number of phosphoric acid groups is 2. The van der Waals surface area contributed by atoms with Crippen LogP contribution >= 0.6 is 15.6 Å². The Bertz CT molecular complexity index is 1870. The molecule has 0 aliphatic carbocycles. The zero-order valence-electron chi connectivity index (χ0n) is 62.8. The molecule has 0 aliphatic rings. The summed E-state index contributed by atoms with van der Waals surface area (Å²) in [6, 6.07) is 0. The lowest BCUT2D eigenvalue weighted by Crippen LogP contribution is -2.30. The number of hydrogen-bond acceptors (Lipinski definition) is 15. The third-order valence-corrected chi connectivity index (χ3v) is 20.5. The summed E-state index contributed by atoms with van der Waals surface area (Å²) in [4.78, 5) is 72.8. The Labute approximate surface area is 588 Å². The first kappa shape index (κ1) is 94.1. The predicted octanol–water partition coefficient (Wildman–Crippen LogP) is 22.6. The maximum Gasteiger partial charge on any atom is 0.472 e. The van der Waals surface area contributed by atoms with E-state index in [1.165, 1.54) is 199 Å². The van der Waals surface area contributed by atoms with Crippen LogP contribution in [0.1, 0.15) is 395 Å². The fourth-order valence-corrected chi connectivity index (χ4v) is 13.3. The van der Waals surface area contributed by atoms with Crippen molar-refractivity contribution in [3.8, 4) is 0 Å². The Morgan fingerprint density at radius 2 is 0.531 bits per heavy atom. The molecule has 0 radical (unpaired) electrons. The summed E-state index contributed by atoms with van der Waals surface area (Å²) in [7, 11) is -9.91. The highest BCUT2D eigenvalue weighted by Crippen LogP contribution is 2.45. The molecule has 0 fully saturated rings. The Balaban J connectivity index is 5.23. The molecule has 17 nitrogen and oxygen atoms in total. The minimum atomic E-state index is -4.96. The van der Waals surface area contributed by atoms with Crippen LogP contribution in [0.15, 0.2) is 0 Å². The van der Waals surface area contributed by atoms with Crippen LogP contribution in [-0.2, 0) is 65.4 Å². The van der Waals surface area contributed by atoms with E-state index < -0.39 is 97.5 Å². The van der Waals surface area contributed by atoms with E-state index in [1.807, 2.05) is 0 Å². The Kier molecular flexibility index (Phi) is 66.2. The second-order valence-electron chi connectivity index (χ2n) is 28.7. The number of carbonyl (C=O) groups excluding carboxylic acids is 4. The molecular formula is C77H150O17P2. The van der Waals surface area contributed by atoms with E-state index in [-0.39, 0.29) is 25.7 Å². The van der Waals surface area contributed by atoms with Crippen molar-refractivity contribution in [1.29, 1.82) is 0 Å². The van der Waals surface area contributed by atoms with Gasteiger partial charge in [0.15, 0.2) is 12.2 Å². The number of esters is 4. The monoisotopic (exact) mass is 1410 g/mol. The molecule has 570 valence electrons. The van der Waals surface area contributed by atoms with Gasteiger partial charge in [0, 0.05) is 25.7 Å². The molecule has 0 saturated carbocycles. The van der Waals surface area contributed by atoms with Gasteiger partial charge >= 0.3 is 39.5 Å². The molecule has 0 bridgehead atoms. The molecule has 0 spiro atoms. The minimum absolute atomic E-state index is 0.105. The van der Waals surface area contributed by atoms with Crippen LogP contribution in [0.25, 0.3) is 0 Å². The molecule has 0 saturated heterocycles. The van der Waals surface area contributed by atoms with E-state index in [2.05, 4.69) is 48.5 Å². The largest absolute Gasteiger partial charge is 0.472 e. The molecule has 0 amide bonds. The lowest BCUT2D eigenvalue weighted by atomic mass is 9.99. The molecule has 96 heavy (non-hydrogen) atoms. The van der Waals surface area contributed by atoms with Gasteiger partial charge in [0.2, 0.25) is 0 Å². The summed E-state index contributed by atoms with van der Waals surface area (Å²) >= 11 is 0. The molecule has 7 atom stereocenters. The molecule has 4 unspecified atom stereocenters. The smallest absolute Gasteiger partial charge is 0.462 e. The van der Waals surface area contributed by atoms with Gasteiger partial charge in [0.05, 0.1) is 26.4 Å². The van der Waals surface area contributed by atoms with Crippen molar-refractivity contribution < 1.29 is 80.2 Å². The van der Waals surface area contributed by atoms with Crippen molar-refractivity contribution >= 4 is 39.5 Å². The number of aliphatic hydroxyl groups excluding tert-OH is 1. The highest BCUT2D eigenvalue weighted by Gasteiger charge is 2.30. The van der Waals surface area contributed by atoms with E-state index >= 15 is 0 Å². The third-order valence-electron chi connectivity index (χ3n) is 18.6. The SMILES string of the molecule is CCCCCCCCCCCCCCCCCCCCCC(=O)O[C@H](COC(=O)CCCCCCCCCCCCC(C)CC)COP(=O)(O)OC[C@@H](O)COP(=O)(O)OC[C@@H](COC(=O)CCCCCCCCC(C)C)OC(=O)CCCCCCCCCCCCC(C)CC. The van der Waals surface area contributed by atoms with Crippen molar-refractivity contribution in [3.05, 3.63) is 0 Å². The number of aliphatic hydroxyl groups is 1. The normalized spacial score (nSPS) is 14.6. The minimum Gasteiger partial charge on any atom is -0.462 e. The molecule has 0 heterocycles. The first-order chi connectivity index (χ1) is 46.3. The number of hydrogen-bond donors (Lipinski definition) is 3. The lowest BCUT2D eigenvalue weighted by molar-refractivity contribution is -0.161. The average Bonchev–Trinajstić information content (AvgIpc) is 1.84. The lowest BCUT2D eigenvalue weighted by Gasteiger charge is -2.21. The second-order valence-corrected chi connectivity index (χ2v) is 31.6. The van der Waals surface area contributed by atoms with Crippen LogP contribution < -0.4 is 0 Å². The van der Waals surface area contributed by atoms with E-state index in [1.54, 1.807) is 0 Å². The number of carbonyl (C=O) groups is 4. The number of unbranched alkanes of at least 4 members (excludes halogenated alkanes) is 41.